The molecule has 0 spiro atoms. The van der Waals surface area contributed by atoms with Crippen molar-refractivity contribution in [3.8, 4) is 0 Å². The summed E-state index contributed by atoms with van der Waals surface area (Å²) in [6, 6.07) is 2.95. The molecule has 1 aromatic rings. The summed E-state index contributed by atoms with van der Waals surface area (Å²) in [6.07, 6.45) is -0.860. The van der Waals surface area contributed by atoms with Crippen molar-refractivity contribution >= 4 is 17.5 Å². The Balaban J connectivity index is 3.10. The predicted octanol–water partition coefficient (Wildman–Crippen LogP) is 3.04. The van der Waals surface area contributed by atoms with Crippen molar-refractivity contribution in [3.63, 3.8) is 0 Å². The third-order valence-corrected chi connectivity index (χ3v) is 2.10. The lowest BCUT2D eigenvalue weighted by Crippen LogP contribution is -2.36. The van der Waals surface area contributed by atoms with Crippen LogP contribution in [-0.2, 0) is 9.57 Å². The van der Waals surface area contributed by atoms with Gasteiger partial charge in [0.2, 0.25) is 5.82 Å². The molecule has 0 unspecified atom stereocenters. The number of carbonyl (C=O) groups excluding carboxylic acids is 1. The van der Waals surface area contributed by atoms with E-state index < -0.39 is 28.1 Å². The van der Waals surface area contributed by atoms with Gasteiger partial charge in [-0.1, -0.05) is 0 Å². The Hall–Kier alpha value is -2.22. The summed E-state index contributed by atoms with van der Waals surface area (Å²) < 4.78 is 18.3. The van der Waals surface area contributed by atoms with E-state index in [1.165, 1.54) is 13.2 Å². The molecule has 0 aromatic heterocycles. The van der Waals surface area contributed by atoms with Gasteiger partial charge in [0, 0.05) is 6.07 Å². The smallest absolute Gasteiger partial charge is 0.439 e. The van der Waals surface area contributed by atoms with E-state index >= 15 is 0 Å². The van der Waals surface area contributed by atoms with Crippen LogP contribution in [-0.4, -0.2) is 23.7 Å². The van der Waals surface area contributed by atoms with Crippen LogP contribution in [0.1, 0.15) is 20.8 Å². The summed E-state index contributed by atoms with van der Waals surface area (Å²) in [6.45, 7) is 4.98. The van der Waals surface area contributed by atoms with Crippen molar-refractivity contribution in [1.29, 1.82) is 0 Å². The van der Waals surface area contributed by atoms with Crippen molar-refractivity contribution in [2.75, 3.05) is 12.2 Å². The van der Waals surface area contributed by atoms with Crippen LogP contribution in [0.3, 0.4) is 0 Å². The number of hydrogen-bond acceptors (Lipinski definition) is 5. The normalized spacial score (nSPS) is 11.1. The van der Waals surface area contributed by atoms with Gasteiger partial charge in [-0.15, -0.1) is 0 Å². The van der Waals surface area contributed by atoms with Crippen molar-refractivity contribution in [1.82, 2.24) is 0 Å². The van der Waals surface area contributed by atoms with Gasteiger partial charge >= 0.3 is 11.8 Å². The van der Waals surface area contributed by atoms with Crippen LogP contribution in [0.25, 0.3) is 0 Å². The first-order chi connectivity index (χ1) is 9.15. The summed E-state index contributed by atoms with van der Waals surface area (Å²) >= 11 is 0. The fourth-order valence-electron chi connectivity index (χ4n) is 1.36. The number of nitro groups is 1. The Kier molecular flexibility index (Phi) is 4.61. The summed E-state index contributed by atoms with van der Waals surface area (Å²) in [5.41, 5.74) is -1.53. The molecule has 110 valence electrons. The lowest BCUT2D eigenvalue weighted by atomic mass is 10.2. The molecule has 1 rings (SSSR count). The molecule has 8 heteroatoms. The summed E-state index contributed by atoms with van der Waals surface area (Å²) in [4.78, 5) is 26.5. The molecular formula is C12H15FN2O5. The molecular weight excluding hydrogens is 271 g/mol. The third-order valence-electron chi connectivity index (χ3n) is 2.10. The summed E-state index contributed by atoms with van der Waals surface area (Å²) in [5, 5.41) is 11.4. The molecule has 0 radical (unpaired) electrons. The Bertz CT molecular complexity index is 527. The predicted molar refractivity (Wildman–Crippen MR) is 68.8 cm³/mol. The number of ether oxygens (including phenoxy) is 1. The standard InChI is InChI=1S/C12H15FN2O5/c1-12(2,3)20-11(16)14(19-4)8-5-6-9(13)10(7-8)15(17)18/h5-7H,1-4H3. The highest BCUT2D eigenvalue weighted by molar-refractivity contribution is 5.86. The fraction of sp³-hybridized carbons (Fsp3) is 0.417. The zero-order valence-corrected chi connectivity index (χ0v) is 11.5. The Labute approximate surface area is 115 Å². The molecule has 0 aliphatic heterocycles. The van der Waals surface area contributed by atoms with E-state index in [0.717, 1.165) is 12.1 Å². The maximum absolute atomic E-state index is 13.2. The molecule has 0 heterocycles. The van der Waals surface area contributed by atoms with E-state index in [-0.39, 0.29) is 5.69 Å². The van der Waals surface area contributed by atoms with E-state index in [4.69, 9.17) is 9.57 Å². The van der Waals surface area contributed by atoms with Crippen LogP contribution in [0.15, 0.2) is 18.2 Å². The molecule has 1 aromatic carbocycles. The first kappa shape index (κ1) is 15.8. The number of carbonyl (C=O) groups is 1. The zero-order valence-electron chi connectivity index (χ0n) is 11.5. The van der Waals surface area contributed by atoms with Crippen molar-refractivity contribution < 1.29 is 23.7 Å². The van der Waals surface area contributed by atoms with Gasteiger partial charge in [-0.3, -0.25) is 15.0 Å². The van der Waals surface area contributed by atoms with Crippen LogP contribution >= 0.6 is 0 Å². The number of nitrogens with zero attached hydrogens (tertiary/aromatic N) is 2. The minimum atomic E-state index is -1.00. The number of hydroxylamine groups is 1. The molecule has 20 heavy (non-hydrogen) atoms. The zero-order chi connectivity index (χ0) is 15.5. The largest absolute Gasteiger partial charge is 0.442 e. The highest BCUT2D eigenvalue weighted by Crippen LogP contribution is 2.25. The highest BCUT2D eigenvalue weighted by Gasteiger charge is 2.26. The van der Waals surface area contributed by atoms with Gasteiger partial charge in [-0.25, -0.2) is 4.79 Å². The van der Waals surface area contributed by atoms with E-state index in [1.807, 2.05) is 0 Å². The van der Waals surface area contributed by atoms with Crippen LogP contribution in [0, 0.1) is 15.9 Å². The fourth-order valence-corrected chi connectivity index (χ4v) is 1.36. The molecule has 7 nitrogen and oxygen atoms in total. The maximum Gasteiger partial charge on any atom is 0.439 e. The number of anilines is 1. The molecule has 0 bridgehead atoms. The van der Waals surface area contributed by atoms with Crippen molar-refractivity contribution in [3.05, 3.63) is 34.1 Å². The maximum atomic E-state index is 13.2. The lowest BCUT2D eigenvalue weighted by Gasteiger charge is -2.25. The minimum Gasteiger partial charge on any atom is -0.442 e. The lowest BCUT2D eigenvalue weighted by molar-refractivity contribution is -0.387. The van der Waals surface area contributed by atoms with Crippen molar-refractivity contribution in [2.45, 2.75) is 26.4 Å². The second-order valence-electron chi connectivity index (χ2n) is 4.85. The Morgan fingerprint density at radius 1 is 1.40 bits per heavy atom. The average Bonchev–Trinajstić information content (AvgIpc) is 2.29. The van der Waals surface area contributed by atoms with Gasteiger partial charge in [0.1, 0.15) is 5.60 Å². The molecule has 0 aliphatic rings. The average molecular weight is 286 g/mol. The van der Waals surface area contributed by atoms with E-state index in [0.29, 0.717) is 5.06 Å². The molecule has 1 amide bonds. The molecule has 0 aliphatic carbocycles. The van der Waals surface area contributed by atoms with Gasteiger partial charge in [-0.2, -0.15) is 9.45 Å². The molecule has 0 N–H and O–H groups in total. The van der Waals surface area contributed by atoms with Gasteiger partial charge < -0.3 is 4.74 Å². The highest BCUT2D eigenvalue weighted by atomic mass is 19.1. The van der Waals surface area contributed by atoms with E-state index in [2.05, 4.69) is 0 Å². The number of amides is 1. The van der Waals surface area contributed by atoms with Crippen LogP contribution in [0.4, 0.5) is 20.6 Å². The number of hydrogen-bond donors (Lipinski definition) is 0. The number of halogens is 1. The number of benzene rings is 1. The number of rotatable bonds is 3. The van der Waals surface area contributed by atoms with Gasteiger partial charge in [0.05, 0.1) is 17.7 Å². The van der Waals surface area contributed by atoms with Crippen molar-refractivity contribution in [2.24, 2.45) is 0 Å². The van der Waals surface area contributed by atoms with Crippen LogP contribution in [0.5, 0.6) is 0 Å². The molecule has 0 fully saturated rings. The summed E-state index contributed by atoms with van der Waals surface area (Å²) in [7, 11) is 1.19. The number of nitro benzene ring substituents is 1. The monoisotopic (exact) mass is 286 g/mol. The van der Waals surface area contributed by atoms with E-state index in [9.17, 15) is 19.3 Å². The van der Waals surface area contributed by atoms with Gasteiger partial charge in [0.25, 0.3) is 0 Å². The molecule has 0 saturated heterocycles. The Morgan fingerprint density at radius 3 is 2.45 bits per heavy atom. The molecule has 0 saturated carbocycles. The van der Waals surface area contributed by atoms with E-state index in [1.54, 1.807) is 20.8 Å². The Morgan fingerprint density at radius 2 is 2.00 bits per heavy atom. The quantitative estimate of drug-likeness (QED) is 0.630. The van der Waals surface area contributed by atoms with Crippen LogP contribution in [0.2, 0.25) is 0 Å². The minimum absolute atomic E-state index is 0.00477. The second kappa shape index (κ2) is 5.83. The second-order valence-corrected chi connectivity index (χ2v) is 4.85. The SMILES string of the molecule is CON(C(=O)OC(C)(C)C)c1ccc(F)c([N+](=O)[O-])c1. The van der Waals surface area contributed by atoms with Crippen LogP contribution < -0.4 is 5.06 Å². The summed E-state index contributed by atoms with van der Waals surface area (Å²) in [5.74, 6) is -1.00. The first-order valence-corrected chi connectivity index (χ1v) is 5.67. The third kappa shape index (κ3) is 3.89. The first-order valence-electron chi connectivity index (χ1n) is 5.67. The van der Waals surface area contributed by atoms with Gasteiger partial charge in [0.15, 0.2) is 0 Å². The topological polar surface area (TPSA) is 81.9 Å². The van der Waals surface area contributed by atoms with Gasteiger partial charge in [-0.05, 0) is 32.9 Å². The molecule has 0 atom stereocenters.